The van der Waals surface area contributed by atoms with Gasteiger partial charge in [0, 0.05) is 25.2 Å². The summed E-state index contributed by atoms with van der Waals surface area (Å²) < 4.78 is 13.5. The number of hydrazine groups is 2. The van der Waals surface area contributed by atoms with Gasteiger partial charge in [0.25, 0.3) is 0 Å². The molecule has 0 aliphatic carbocycles. The molecule has 1 amide bonds. The summed E-state index contributed by atoms with van der Waals surface area (Å²) in [4.78, 5) is 12.7. The molecule has 0 spiro atoms. The lowest BCUT2D eigenvalue weighted by Crippen LogP contribution is -2.43. The van der Waals surface area contributed by atoms with E-state index < -0.39 is 0 Å². The molecule has 2 aliphatic rings. The molecule has 7 heteroatoms. The van der Waals surface area contributed by atoms with Crippen LogP contribution in [-0.4, -0.2) is 25.0 Å². The van der Waals surface area contributed by atoms with E-state index in [1.807, 2.05) is 24.3 Å². The first-order valence-corrected chi connectivity index (χ1v) is 9.28. The van der Waals surface area contributed by atoms with Crippen molar-refractivity contribution in [2.24, 2.45) is 5.92 Å². The lowest BCUT2D eigenvalue weighted by atomic mass is 9.94. The third-order valence-corrected chi connectivity index (χ3v) is 5.23. The van der Waals surface area contributed by atoms with Crippen LogP contribution >= 0.6 is 0 Å². The average Bonchev–Trinajstić information content (AvgIpc) is 3.36. The summed E-state index contributed by atoms with van der Waals surface area (Å²) in [5.41, 5.74) is 14.6. The molecule has 2 aromatic carbocycles. The minimum Gasteiger partial charge on any atom is -0.354 e. The van der Waals surface area contributed by atoms with Gasteiger partial charge in [0.1, 0.15) is 5.82 Å². The molecule has 142 valence electrons. The van der Waals surface area contributed by atoms with Gasteiger partial charge in [-0.15, -0.1) is 0 Å². The van der Waals surface area contributed by atoms with Gasteiger partial charge in [0.15, 0.2) is 0 Å². The quantitative estimate of drug-likeness (QED) is 0.550. The fraction of sp³-hybridized carbons (Fsp3) is 0.350. The van der Waals surface area contributed by atoms with Gasteiger partial charge in [-0.2, -0.15) is 0 Å². The van der Waals surface area contributed by atoms with Crippen LogP contribution in [0.15, 0.2) is 54.6 Å². The number of hydrogen-bond donors (Lipinski definition) is 5. The first-order valence-electron chi connectivity index (χ1n) is 9.28. The normalized spacial score (nSPS) is 27.6. The van der Waals surface area contributed by atoms with Crippen LogP contribution in [0.4, 0.5) is 4.39 Å². The van der Waals surface area contributed by atoms with E-state index >= 15 is 0 Å². The topological polar surface area (TPSA) is 77.2 Å². The van der Waals surface area contributed by atoms with Crippen LogP contribution in [0, 0.1) is 11.7 Å². The van der Waals surface area contributed by atoms with Crippen molar-refractivity contribution in [1.29, 1.82) is 0 Å². The highest BCUT2D eigenvalue weighted by molar-refractivity contribution is 5.80. The van der Waals surface area contributed by atoms with Gasteiger partial charge < -0.3 is 5.32 Å². The molecule has 2 heterocycles. The van der Waals surface area contributed by atoms with Gasteiger partial charge in [0.05, 0.1) is 12.0 Å². The zero-order valence-corrected chi connectivity index (χ0v) is 14.9. The molecule has 0 bridgehead atoms. The number of carbonyl (C=O) groups excluding carboxylic acids is 1. The van der Waals surface area contributed by atoms with Gasteiger partial charge in [-0.3, -0.25) is 15.6 Å². The maximum Gasteiger partial charge on any atom is 0.226 e. The molecule has 5 N–H and O–H groups in total. The number of benzene rings is 2. The number of rotatable bonds is 5. The Morgan fingerprint density at radius 2 is 1.85 bits per heavy atom. The number of nitrogens with one attached hydrogen (secondary N) is 5. The van der Waals surface area contributed by atoms with E-state index in [1.165, 1.54) is 17.7 Å². The van der Waals surface area contributed by atoms with Crippen molar-refractivity contribution in [2.45, 2.75) is 24.5 Å². The van der Waals surface area contributed by atoms with Crippen molar-refractivity contribution >= 4 is 5.91 Å². The van der Waals surface area contributed by atoms with Crippen molar-refractivity contribution in [3.05, 3.63) is 71.5 Å². The molecule has 0 radical (unpaired) electrons. The molecule has 27 heavy (non-hydrogen) atoms. The van der Waals surface area contributed by atoms with Crippen LogP contribution in [0.1, 0.15) is 29.6 Å². The van der Waals surface area contributed by atoms with E-state index in [2.05, 4.69) is 39.2 Å². The Bertz CT molecular complexity index is 787. The summed E-state index contributed by atoms with van der Waals surface area (Å²) in [5.74, 6) is -0.619. The van der Waals surface area contributed by atoms with Crippen molar-refractivity contribution in [1.82, 2.24) is 27.0 Å². The summed E-state index contributed by atoms with van der Waals surface area (Å²) in [5, 5.41) is 3.04. The van der Waals surface area contributed by atoms with Crippen LogP contribution in [-0.2, 0) is 4.79 Å². The molecule has 2 aliphatic heterocycles. The maximum atomic E-state index is 13.5. The lowest BCUT2D eigenvalue weighted by molar-refractivity contribution is -0.125. The zero-order valence-electron chi connectivity index (χ0n) is 14.9. The Morgan fingerprint density at radius 3 is 2.67 bits per heavy atom. The highest BCUT2D eigenvalue weighted by Gasteiger charge is 2.34. The van der Waals surface area contributed by atoms with Crippen molar-refractivity contribution < 1.29 is 9.18 Å². The van der Waals surface area contributed by atoms with Gasteiger partial charge in [-0.05, 0) is 29.7 Å². The average molecular weight is 369 g/mol. The predicted octanol–water partition coefficient (Wildman–Crippen LogP) is 1.31. The molecule has 6 nitrogen and oxygen atoms in total. The highest BCUT2D eigenvalue weighted by Crippen LogP contribution is 2.26. The van der Waals surface area contributed by atoms with Gasteiger partial charge >= 0.3 is 0 Å². The second kappa shape index (κ2) is 8.14. The second-order valence-corrected chi connectivity index (χ2v) is 7.09. The third kappa shape index (κ3) is 4.17. The SMILES string of the molecule is O=C(NCC1CC(c2ccccc2)NN1)C1CNNC1c1cccc(F)c1. The maximum absolute atomic E-state index is 13.5. The third-order valence-electron chi connectivity index (χ3n) is 5.23. The van der Waals surface area contributed by atoms with E-state index in [0.717, 1.165) is 12.0 Å². The Morgan fingerprint density at radius 1 is 1.04 bits per heavy atom. The molecule has 0 saturated carbocycles. The summed E-state index contributed by atoms with van der Waals surface area (Å²) in [6.45, 7) is 1.05. The predicted molar refractivity (Wildman–Crippen MR) is 101 cm³/mol. The monoisotopic (exact) mass is 369 g/mol. The zero-order chi connectivity index (χ0) is 18.6. The molecule has 4 rings (SSSR count). The lowest BCUT2D eigenvalue weighted by Gasteiger charge is -2.19. The van der Waals surface area contributed by atoms with E-state index in [-0.39, 0.29) is 35.8 Å². The van der Waals surface area contributed by atoms with Crippen LogP contribution in [0.3, 0.4) is 0 Å². The van der Waals surface area contributed by atoms with Crippen molar-refractivity contribution in [2.75, 3.05) is 13.1 Å². The van der Waals surface area contributed by atoms with E-state index in [1.54, 1.807) is 6.07 Å². The van der Waals surface area contributed by atoms with E-state index in [9.17, 15) is 9.18 Å². The molecule has 4 unspecified atom stereocenters. The van der Waals surface area contributed by atoms with E-state index in [0.29, 0.717) is 13.1 Å². The first-order chi connectivity index (χ1) is 13.2. The molecule has 0 aromatic heterocycles. The minimum absolute atomic E-state index is 0.0354. The van der Waals surface area contributed by atoms with Gasteiger partial charge in [-0.1, -0.05) is 42.5 Å². The summed E-state index contributed by atoms with van der Waals surface area (Å²) in [6, 6.07) is 16.8. The van der Waals surface area contributed by atoms with Crippen LogP contribution in [0.2, 0.25) is 0 Å². The van der Waals surface area contributed by atoms with Crippen molar-refractivity contribution in [3.8, 4) is 0 Å². The second-order valence-electron chi connectivity index (χ2n) is 7.09. The first kappa shape index (κ1) is 18.1. The summed E-state index contributed by atoms with van der Waals surface area (Å²) >= 11 is 0. The van der Waals surface area contributed by atoms with Crippen LogP contribution in [0.5, 0.6) is 0 Å². The van der Waals surface area contributed by atoms with Crippen molar-refractivity contribution in [3.63, 3.8) is 0 Å². The Labute approximate surface area is 157 Å². The standard InChI is InChI=1S/C20H24FN5O/c21-15-8-4-7-14(9-15)19-17(12-23-26-19)20(27)22-11-16-10-18(25-24-16)13-5-2-1-3-6-13/h1-9,16-19,23-26H,10-12H2,(H,22,27). The largest absolute Gasteiger partial charge is 0.354 e. The minimum atomic E-state index is -0.298. The molecular weight excluding hydrogens is 345 g/mol. The molecule has 2 saturated heterocycles. The molecule has 2 fully saturated rings. The smallest absolute Gasteiger partial charge is 0.226 e. The molecule has 2 aromatic rings. The summed E-state index contributed by atoms with van der Waals surface area (Å²) in [7, 11) is 0. The Hall–Kier alpha value is -2.32. The highest BCUT2D eigenvalue weighted by atomic mass is 19.1. The number of carbonyl (C=O) groups is 1. The van der Waals surface area contributed by atoms with E-state index in [4.69, 9.17) is 0 Å². The van der Waals surface area contributed by atoms with Crippen LogP contribution < -0.4 is 27.0 Å². The van der Waals surface area contributed by atoms with Gasteiger partial charge in [-0.25, -0.2) is 15.2 Å². The Kier molecular flexibility index (Phi) is 5.45. The van der Waals surface area contributed by atoms with Gasteiger partial charge in [0.2, 0.25) is 5.91 Å². The molecule has 4 atom stereocenters. The molecular formula is C20H24FN5O. The number of hydrogen-bond acceptors (Lipinski definition) is 5. The fourth-order valence-corrected chi connectivity index (χ4v) is 3.77. The fourth-order valence-electron chi connectivity index (χ4n) is 3.77. The number of amides is 1. The summed E-state index contributed by atoms with van der Waals surface area (Å²) in [6.07, 6.45) is 0.902. The van der Waals surface area contributed by atoms with Crippen LogP contribution in [0.25, 0.3) is 0 Å². The Balaban J connectivity index is 1.32. The number of halogens is 1.